The van der Waals surface area contributed by atoms with E-state index in [-0.39, 0.29) is 12.5 Å². The minimum Gasteiger partial charge on any atom is -0.424 e. The highest BCUT2D eigenvalue weighted by Gasteiger charge is 2.12. The van der Waals surface area contributed by atoms with Crippen LogP contribution in [-0.4, -0.2) is 16.1 Å². The van der Waals surface area contributed by atoms with Crippen LogP contribution in [0.5, 0.6) is 0 Å². The Morgan fingerprint density at radius 1 is 1.17 bits per heavy atom. The van der Waals surface area contributed by atoms with Crippen LogP contribution in [0.4, 0.5) is 5.69 Å². The Kier molecular flexibility index (Phi) is 4.90. The average molecular weight is 342 g/mol. The van der Waals surface area contributed by atoms with Crippen molar-refractivity contribution >= 4 is 22.9 Å². The Bertz CT molecular complexity index is 840. The van der Waals surface area contributed by atoms with Crippen LogP contribution in [0.25, 0.3) is 0 Å². The van der Waals surface area contributed by atoms with Gasteiger partial charge in [-0.15, -0.1) is 21.5 Å². The van der Waals surface area contributed by atoms with Gasteiger partial charge >= 0.3 is 0 Å². The maximum absolute atomic E-state index is 12.4. The van der Waals surface area contributed by atoms with Crippen molar-refractivity contribution in [3.8, 4) is 0 Å². The Morgan fingerprint density at radius 2 is 2.00 bits per heavy atom. The molecule has 0 radical (unpaired) electrons. The summed E-state index contributed by atoms with van der Waals surface area (Å²) in [6.45, 7) is 4.69. The largest absolute Gasteiger partial charge is 0.424 e. The van der Waals surface area contributed by atoms with Gasteiger partial charge in [0.15, 0.2) is 0 Å². The van der Waals surface area contributed by atoms with E-state index in [1.807, 2.05) is 18.2 Å². The highest BCUT2D eigenvalue weighted by Crippen LogP contribution is 2.20. The third kappa shape index (κ3) is 3.80. The van der Waals surface area contributed by atoms with E-state index in [4.69, 9.17) is 4.42 Å². The van der Waals surface area contributed by atoms with E-state index in [0.29, 0.717) is 23.9 Å². The first-order valence-corrected chi connectivity index (χ1v) is 8.44. The smallest absolute Gasteiger partial charge is 0.253 e. The van der Waals surface area contributed by atoms with E-state index in [2.05, 4.69) is 39.2 Å². The normalized spacial score (nSPS) is 10.6. The molecule has 0 spiro atoms. The van der Waals surface area contributed by atoms with Gasteiger partial charge in [-0.3, -0.25) is 4.79 Å². The first-order valence-electron chi connectivity index (χ1n) is 7.56. The summed E-state index contributed by atoms with van der Waals surface area (Å²) in [4.78, 5) is 13.7. The Balaban J connectivity index is 1.66. The van der Waals surface area contributed by atoms with E-state index in [1.165, 1.54) is 10.4 Å². The number of thiophene rings is 1. The zero-order valence-corrected chi connectivity index (χ0v) is 14.3. The lowest BCUT2D eigenvalue weighted by atomic mass is 10.1. The van der Waals surface area contributed by atoms with Gasteiger partial charge < -0.3 is 15.1 Å². The molecule has 3 aromatic rings. The predicted octanol–water partition coefficient (Wildman–Crippen LogP) is 3.29. The lowest BCUT2D eigenvalue weighted by Gasteiger charge is -2.11. The lowest BCUT2D eigenvalue weighted by Crippen LogP contribution is -2.24. The summed E-state index contributed by atoms with van der Waals surface area (Å²) in [5.41, 5.74) is 2.63. The predicted molar refractivity (Wildman–Crippen MR) is 93.0 cm³/mol. The summed E-state index contributed by atoms with van der Waals surface area (Å²) < 4.78 is 5.26. The van der Waals surface area contributed by atoms with Crippen LogP contribution >= 0.6 is 11.3 Å². The molecule has 0 saturated carbocycles. The fourth-order valence-corrected chi connectivity index (χ4v) is 3.10. The molecule has 0 unspecified atom stereocenters. The first-order chi connectivity index (χ1) is 11.6. The average Bonchev–Trinajstić information content (AvgIpc) is 3.19. The number of anilines is 1. The summed E-state index contributed by atoms with van der Waals surface area (Å²) in [5.74, 6) is 0.685. The molecule has 0 bridgehead atoms. The van der Waals surface area contributed by atoms with E-state index in [9.17, 15) is 4.79 Å². The zero-order chi connectivity index (χ0) is 16.9. The van der Waals surface area contributed by atoms with Crippen LogP contribution in [0.1, 0.15) is 32.6 Å². The second-order valence-corrected chi connectivity index (χ2v) is 6.32. The first kappa shape index (κ1) is 16.2. The molecule has 0 saturated heterocycles. The van der Waals surface area contributed by atoms with Gasteiger partial charge in [-0.2, -0.15) is 0 Å². The van der Waals surface area contributed by atoms with Crippen LogP contribution in [0, 0.1) is 13.8 Å². The molecule has 2 N–H and O–H groups in total. The summed E-state index contributed by atoms with van der Waals surface area (Å²) in [6.07, 6.45) is 0. The molecule has 2 aromatic heterocycles. The number of carbonyl (C=O) groups is 1. The molecule has 124 valence electrons. The molecule has 3 rings (SSSR count). The molecule has 2 heterocycles. The van der Waals surface area contributed by atoms with Crippen LogP contribution in [-0.2, 0) is 13.1 Å². The molecule has 1 amide bonds. The van der Waals surface area contributed by atoms with Crippen molar-refractivity contribution in [2.75, 3.05) is 5.32 Å². The maximum atomic E-state index is 12.4. The summed E-state index contributed by atoms with van der Waals surface area (Å²) in [5, 5.41) is 15.8. The SMILES string of the molecule is Cc1nnc(CNC(=O)c2ccccc2NCc2sccc2C)o1. The van der Waals surface area contributed by atoms with E-state index in [0.717, 1.165) is 5.69 Å². The number of para-hydroxylation sites is 1. The van der Waals surface area contributed by atoms with Gasteiger partial charge in [-0.1, -0.05) is 12.1 Å². The molecule has 0 aliphatic carbocycles. The van der Waals surface area contributed by atoms with Crippen molar-refractivity contribution in [3.63, 3.8) is 0 Å². The number of amides is 1. The second-order valence-electron chi connectivity index (χ2n) is 5.32. The summed E-state index contributed by atoms with van der Waals surface area (Å²) in [6, 6.07) is 9.52. The molecule has 24 heavy (non-hydrogen) atoms. The number of rotatable bonds is 6. The lowest BCUT2D eigenvalue weighted by molar-refractivity contribution is 0.0948. The molecular weight excluding hydrogens is 324 g/mol. The van der Waals surface area contributed by atoms with Gasteiger partial charge in [0.2, 0.25) is 11.8 Å². The monoisotopic (exact) mass is 342 g/mol. The number of nitrogens with one attached hydrogen (secondary N) is 2. The number of hydrogen-bond donors (Lipinski definition) is 2. The number of aromatic nitrogens is 2. The third-order valence-corrected chi connectivity index (χ3v) is 4.57. The van der Waals surface area contributed by atoms with Crippen molar-refractivity contribution in [2.45, 2.75) is 26.9 Å². The van der Waals surface area contributed by atoms with Crippen molar-refractivity contribution in [1.29, 1.82) is 0 Å². The standard InChI is InChI=1S/C17H18N4O2S/c1-11-7-8-24-15(11)9-18-14-6-4-3-5-13(14)17(22)19-10-16-21-20-12(2)23-16/h3-8,18H,9-10H2,1-2H3,(H,19,22). The summed E-state index contributed by atoms with van der Waals surface area (Å²) >= 11 is 1.70. The van der Waals surface area contributed by atoms with Gasteiger partial charge in [0.05, 0.1) is 12.1 Å². The van der Waals surface area contributed by atoms with Crippen LogP contribution in [0.3, 0.4) is 0 Å². The second kappa shape index (κ2) is 7.27. The Morgan fingerprint density at radius 3 is 2.71 bits per heavy atom. The number of carbonyl (C=O) groups excluding carboxylic acids is 1. The number of benzene rings is 1. The van der Waals surface area contributed by atoms with Crippen molar-refractivity contribution < 1.29 is 9.21 Å². The molecule has 0 fully saturated rings. The quantitative estimate of drug-likeness (QED) is 0.718. The molecule has 0 aliphatic rings. The summed E-state index contributed by atoms with van der Waals surface area (Å²) in [7, 11) is 0. The fraction of sp³-hybridized carbons (Fsp3) is 0.235. The highest BCUT2D eigenvalue weighted by molar-refractivity contribution is 7.10. The number of nitrogens with zero attached hydrogens (tertiary/aromatic N) is 2. The highest BCUT2D eigenvalue weighted by atomic mass is 32.1. The molecule has 1 aromatic carbocycles. The van der Waals surface area contributed by atoms with Crippen LogP contribution < -0.4 is 10.6 Å². The number of aryl methyl sites for hydroxylation is 2. The topological polar surface area (TPSA) is 80.0 Å². The molecular formula is C17H18N4O2S. The Hall–Kier alpha value is -2.67. The fourth-order valence-electron chi connectivity index (χ4n) is 2.26. The van der Waals surface area contributed by atoms with Crippen molar-refractivity contribution in [1.82, 2.24) is 15.5 Å². The maximum Gasteiger partial charge on any atom is 0.253 e. The van der Waals surface area contributed by atoms with Gasteiger partial charge in [-0.25, -0.2) is 0 Å². The molecule has 7 heteroatoms. The molecule has 6 nitrogen and oxygen atoms in total. The third-order valence-electron chi connectivity index (χ3n) is 3.55. The zero-order valence-electron chi connectivity index (χ0n) is 13.5. The van der Waals surface area contributed by atoms with E-state index in [1.54, 1.807) is 24.3 Å². The molecule has 0 aliphatic heterocycles. The minimum atomic E-state index is -0.183. The minimum absolute atomic E-state index is 0.183. The van der Waals surface area contributed by atoms with Crippen LogP contribution in [0.2, 0.25) is 0 Å². The Labute approximate surface area is 143 Å². The van der Waals surface area contributed by atoms with Gasteiger partial charge in [0, 0.05) is 24.0 Å². The van der Waals surface area contributed by atoms with Crippen molar-refractivity contribution in [2.24, 2.45) is 0 Å². The van der Waals surface area contributed by atoms with Gasteiger partial charge in [0.1, 0.15) is 0 Å². The van der Waals surface area contributed by atoms with Gasteiger partial charge in [-0.05, 0) is 36.1 Å². The van der Waals surface area contributed by atoms with Crippen molar-refractivity contribution in [3.05, 3.63) is 63.5 Å². The van der Waals surface area contributed by atoms with Gasteiger partial charge in [0.25, 0.3) is 5.91 Å². The van der Waals surface area contributed by atoms with E-state index < -0.39 is 0 Å². The molecule has 0 atom stereocenters. The van der Waals surface area contributed by atoms with Crippen LogP contribution in [0.15, 0.2) is 40.1 Å². The number of hydrogen-bond acceptors (Lipinski definition) is 6. The van der Waals surface area contributed by atoms with E-state index >= 15 is 0 Å².